The fraction of sp³-hybridized carbons (Fsp3) is 0.0769. The van der Waals surface area contributed by atoms with Crippen LogP contribution in [0.4, 0.5) is 0 Å². The maximum absolute atomic E-state index is 13.4. The van der Waals surface area contributed by atoms with Crippen LogP contribution in [0.2, 0.25) is 0 Å². The largest absolute Gasteiger partial charge is 0.308 e. The number of rotatable bonds is 5. The van der Waals surface area contributed by atoms with Crippen molar-refractivity contribution < 1.29 is 0 Å². The highest BCUT2D eigenvalue weighted by atomic mass is 35.5. The molecule has 0 unspecified atom stereocenters. The Bertz CT molecular complexity index is 1800. The smallest absolute Gasteiger partial charge is 0.262 e. The van der Waals surface area contributed by atoms with Crippen molar-refractivity contribution in [1.82, 2.24) is 19.5 Å². The molecule has 0 bridgehead atoms. The summed E-state index contributed by atoms with van der Waals surface area (Å²) < 4.78 is 1.49. The first-order valence-corrected chi connectivity index (χ1v) is 13.0. The third-order valence-electron chi connectivity index (χ3n) is 5.73. The van der Waals surface area contributed by atoms with Gasteiger partial charge in [0.1, 0.15) is 21.3 Å². The van der Waals surface area contributed by atoms with Gasteiger partial charge in [-0.3, -0.25) is 14.2 Å². The van der Waals surface area contributed by atoms with Gasteiger partial charge in [-0.1, -0.05) is 60.7 Å². The molecule has 0 saturated carbocycles. The third-order valence-corrected chi connectivity index (χ3v) is 8.12. The molecule has 0 amide bonds. The molecule has 4 heterocycles. The zero-order valence-corrected chi connectivity index (χ0v) is 20.6. The lowest BCUT2D eigenvalue weighted by atomic mass is 10.2. The number of thiophene rings is 2. The van der Waals surface area contributed by atoms with E-state index in [1.54, 1.807) is 0 Å². The number of nitrogens with zero attached hydrogens (tertiary/aromatic N) is 3. The van der Waals surface area contributed by atoms with Gasteiger partial charge in [-0.2, -0.15) is 0 Å². The number of benzene rings is 2. The predicted octanol–water partition coefficient (Wildman–Crippen LogP) is 5.88. The summed E-state index contributed by atoms with van der Waals surface area (Å²) in [5.74, 6) is 0.884. The van der Waals surface area contributed by atoms with Gasteiger partial charge >= 0.3 is 0 Å². The first-order valence-electron chi connectivity index (χ1n) is 10.8. The molecule has 0 aliphatic carbocycles. The van der Waals surface area contributed by atoms with Gasteiger partial charge in [0, 0.05) is 9.75 Å². The molecule has 0 fully saturated rings. The summed E-state index contributed by atoms with van der Waals surface area (Å²) >= 11 is 9.09. The van der Waals surface area contributed by atoms with Crippen LogP contribution in [0, 0.1) is 0 Å². The highest BCUT2D eigenvalue weighted by molar-refractivity contribution is 7.22. The molecular formula is C26H17ClN4O2S2. The molecule has 6 nitrogen and oxygen atoms in total. The van der Waals surface area contributed by atoms with Crippen molar-refractivity contribution in [3.05, 3.63) is 105 Å². The Hall–Kier alpha value is -3.59. The van der Waals surface area contributed by atoms with E-state index in [0.717, 1.165) is 20.9 Å². The average Bonchev–Trinajstić information content (AvgIpc) is 3.52. The number of halogens is 1. The van der Waals surface area contributed by atoms with Gasteiger partial charge in [0.2, 0.25) is 0 Å². The number of hydrogen-bond acceptors (Lipinski definition) is 6. The number of fused-ring (bicyclic) bond motifs is 2. The first-order chi connectivity index (χ1) is 17.1. The minimum absolute atomic E-state index is 0.0629. The van der Waals surface area contributed by atoms with Crippen LogP contribution < -0.4 is 11.1 Å². The van der Waals surface area contributed by atoms with E-state index >= 15 is 0 Å². The Morgan fingerprint density at radius 3 is 1.97 bits per heavy atom. The predicted molar refractivity (Wildman–Crippen MR) is 144 cm³/mol. The minimum Gasteiger partial charge on any atom is -0.308 e. The zero-order valence-electron chi connectivity index (χ0n) is 18.2. The lowest BCUT2D eigenvalue weighted by Gasteiger charge is -2.10. The summed E-state index contributed by atoms with van der Waals surface area (Å²) in [6, 6.07) is 23.5. The minimum atomic E-state index is -0.236. The SMILES string of the molecule is O=c1[nH]c(Cn2c(CCl)nc3sc(-c4ccccc4)cc3c2=O)nc2sc(-c3ccccc3)cc12. The molecule has 6 rings (SSSR count). The third kappa shape index (κ3) is 3.99. The first kappa shape index (κ1) is 21.9. The molecule has 0 saturated heterocycles. The van der Waals surface area contributed by atoms with Gasteiger partial charge in [-0.25, -0.2) is 9.97 Å². The van der Waals surface area contributed by atoms with Crippen LogP contribution >= 0.6 is 34.3 Å². The normalized spacial score (nSPS) is 11.5. The van der Waals surface area contributed by atoms with Gasteiger partial charge < -0.3 is 4.98 Å². The maximum atomic E-state index is 13.4. The van der Waals surface area contributed by atoms with E-state index < -0.39 is 0 Å². The number of hydrogen-bond donors (Lipinski definition) is 1. The van der Waals surface area contributed by atoms with Crippen LogP contribution in [0.5, 0.6) is 0 Å². The van der Waals surface area contributed by atoms with Crippen molar-refractivity contribution in [3.63, 3.8) is 0 Å². The number of H-pyrrole nitrogens is 1. The van der Waals surface area contributed by atoms with Crippen molar-refractivity contribution in [3.8, 4) is 20.9 Å². The topological polar surface area (TPSA) is 80.6 Å². The van der Waals surface area contributed by atoms with Crippen LogP contribution in [-0.4, -0.2) is 19.5 Å². The Kier molecular flexibility index (Phi) is 5.56. The van der Waals surface area contributed by atoms with Crippen molar-refractivity contribution in [2.75, 3.05) is 0 Å². The van der Waals surface area contributed by atoms with E-state index in [-0.39, 0.29) is 23.5 Å². The van der Waals surface area contributed by atoms with Crippen molar-refractivity contribution in [2.24, 2.45) is 0 Å². The summed E-state index contributed by atoms with van der Waals surface area (Å²) in [7, 11) is 0. The van der Waals surface area contributed by atoms with E-state index in [9.17, 15) is 9.59 Å². The summed E-state index contributed by atoms with van der Waals surface area (Å²) in [4.78, 5) is 41.6. The Morgan fingerprint density at radius 1 is 0.800 bits per heavy atom. The Balaban J connectivity index is 1.43. The van der Waals surface area contributed by atoms with Gasteiger partial charge in [0.15, 0.2) is 0 Å². The zero-order chi connectivity index (χ0) is 23.9. The molecule has 1 N–H and O–H groups in total. The quantitative estimate of drug-likeness (QED) is 0.290. The van der Waals surface area contributed by atoms with Gasteiger partial charge in [-0.15, -0.1) is 34.3 Å². The molecule has 0 atom stereocenters. The van der Waals surface area contributed by atoms with Crippen LogP contribution in [0.15, 0.2) is 82.4 Å². The lowest BCUT2D eigenvalue weighted by Crippen LogP contribution is -2.26. The van der Waals surface area contributed by atoms with Gasteiger partial charge in [0.05, 0.1) is 23.2 Å². The molecule has 0 aliphatic heterocycles. The van der Waals surface area contributed by atoms with Crippen molar-refractivity contribution in [1.29, 1.82) is 0 Å². The van der Waals surface area contributed by atoms with E-state index in [4.69, 9.17) is 11.6 Å². The Labute approximate surface area is 212 Å². The van der Waals surface area contributed by atoms with Gasteiger partial charge in [0.25, 0.3) is 11.1 Å². The average molecular weight is 517 g/mol. The molecule has 2 aromatic carbocycles. The van der Waals surface area contributed by atoms with E-state index in [1.807, 2.05) is 72.8 Å². The van der Waals surface area contributed by atoms with Gasteiger partial charge in [-0.05, 0) is 23.3 Å². The molecule has 4 aromatic heterocycles. The molecule has 9 heteroatoms. The highest BCUT2D eigenvalue weighted by Gasteiger charge is 2.17. The Morgan fingerprint density at radius 2 is 1.37 bits per heavy atom. The molecule has 0 radical (unpaired) electrons. The van der Waals surface area contributed by atoms with E-state index in [2.05, 4.69) is 15.0 Å². The standard InChI is InChI=1S/C26H17ClN4O2S2/c27-13-22-30-25-18(12-20(35-25)16-9-5-2-6-10-16)26(33)31(22)14-21-28-23(32)17-11-19(34-24(17)29-21)15-7-3-1-4-8-15/h1-12H,13-14H2,(H,28,29,32). The van der Waals surface area contributed by atoms with E-state index in [0.29, 0.717) is 32.1 Å². The van der Waals surface area contributed by atoms with E-state index in [1.165, 1.54) is 27.2 Å². The second-order valence-corrected chi connectivity index (χ2v) is 10.3. The van der Waals surface area contributed by atoms with Crippen LogP contribution in [-0.2, 0) is 12.4 Å². The fourth-order valence-electron chi connectivity index (χ4n) is 4.01. The number of aromatic nitrogens is 4. The second kappa shape index (κ2) is 8.88. The van der Waals surface area contributed by atoms with Crippen LogP contribution in [0.25, 0.3) is 41.3 Å². The van der Waals surface area contributed by atoms with Crippen LogP contribution in [0.3, 0.4) is 0 Å². The molecule has 172 valence electrons. The van der Waals surface area contributed by atoms with Crippen molar-refractivity contribution in [2.45, 2.75) is 12.4 Å². The summed E-state index contributed by atoms with van der Waals surface area (Å²) in [6.45, 7) is 0.0735. The summed E-state index contributed by atoms with van der Waals surface area (Å²) in [6.07, 6.45) is 0. The van der Waals surface area contributed by atoms with Crippen molar-refractivity contribution >= 4 is 54.7 Å². The second-order valence-electron chi connectivity index (χ2n) is 7.96. The lowest BCUT2D eigenvalue weighted by molar-refractivity contribution is 0.676. The molecule has 6 aromatic rings. The monoisotopic (exact) mass is 516 g/mol. The summed E-state index contributed by atoms with van der Waals surface area (Å²) in [5.41, 5.74) is 1.61. The molecular weight excluding hydrogens is 500 g/mol. The maximum Gasteiger partial charge on any atom is 0.262 e. The summed E-state index contributed by atoms with van der Waals surface area (Å²) in [5, 5.41) is 1.05. The fourth-order valence-corrected chi connectivity index (χ4v) is 6.32. The van der Waals surface area contributed by atoms with Crippen LogP contribution in [0.1, 0.15) is 11.6 Å². The molecule has 0 spiro atoms. The number of alkyl halides is 1. The molecule has 0 aliphatic rings. The molecule has 35 heavy (non-hydrogen) atoms. The number of nitrogens with one attached hydrogen (secondary N) is 1. The highest BCUT2D eigenvalue weighted by Crippen LogP contribution is 2.32. The number of aromatic amines is 1.